The van der Waals surface area contributed by atoms with Crippen molar-refractivity contribution < 1.29 is 19.4 Å². The average molecular weight is 493 g/mol. The van der Waals surface area contributed by atoms with E-state index in [0.717, 1.165) is 50.5 Å². The summed E-state index contributed by atoms with van der Waals surface area (Å²) in [5.41, 5.74) is 6.80. The Balaban J connectivity index is 1.20. The first kappa shape index (κ1) is 23.7. The summed E-state index contributed by atoms with van der Waals surface area (Å²) in [6.45, 7) is 0. The highest BCUT2D eigenvalue weighted by Gasteiger charge is 2.64. The molecule has 5 aliphatic carbocycles. The number of nitrogens with two attached hydrogens (primary N) is 1. The van der Waals surface area contributed by atoms with Gasteiger partial charge in [-0.3, -0.25) is 9.59 Å². The number of phenols is 1. The fourth-order valence-corrected chi connectivity index (χ4v) is 8.50. The van der Waals surface area contributed by atoms with Crippen LogP contribution in [-0.4, -0.2) is 58.7 Å². The standard InChI is InChI=1S/C28H36N4O4/c1-31-22(7-16-2-4-21(33)5-3-16)26(35)36-28-12-17-6-18(13-28)11-27(10-17,15-28)24(30)25(34)32-20(14-29)8-19-9-23(19)32/h2-5,17-20,22-24,31,33H,6-13,15,30H2,1H3/t17-,18?,19?,20-,22?,23?,24+,27?,28?/m0/s1. The molecule has 1 aliphatic heterocycles. The quantitative estimate of drug-likeness (QED) is 0.498. The zero-order chi connectivity index (χ0) is 25.2. The molecule has 7 rings (SSSR count). The van der Waals surface area contributed by atoms with E-state index in [4.69, 9.17) is 10.5 Å². The third-order valence-corrected chi connectivity index (χ3v) is 9.81. The number of nitrogens with zero attached hydrogens (tertiary/aromatic N) is 2. The van der Waals surface area contributed by atoms with Crippen LogP contribution in [0.5, 0.6) is 5.75 Å². The minimum absolute atomic E-state index is 0.0737. The molecular formula is C28H36N4O4. The summed E-state index contributed by atoms with van der Waals surface area (Å²) in [5.74, 6) is 1.12. The third-order valence-electron chi connectivity index (χ3n) is 9.81. The Hall–Kier alpha value is -2.63. The number of benzene rings is 1. The molecule has 6 unspecified atom stereocenters. The van der Waals surface area contributed by atoms with Gasteiger partial charge in [0.05, 0.1) is 12.1 Å². The maximum absolute atomic E-state index is 13.7. The van der Waals surface area contributed by atoms with Crippen molar-refractivity contribution in [1.82, 2.24) is 10.2 Å². The number of phenolic OH excluding ortho intramolecular Hbond substituents is 1. The predicted molar refractivity (Wildman–Crippen MR) is 131 cm³/mol. The van der Waals surface area contributed by atoms with Crippen molar-refractivity contribution >= 4 is 11.9 Å². The molecule has 5 saturated carbocycles. The van der Waals surface area contributed by atoms with Gasteiger partial charge in [0.2, 0.25) is 5.91 Å². The van der Waals surface area contributed by atoms with E-state index in [1.165, 1.54) is 0 Å². The molecule has 4 N–H and O–H groups in total. The van der Waals surface area contributed by atoms with Gasteiger partial charge in [0.15, 0.2) is 0 Å². The Labute approximate surface area is 212 Å². The van der Waals surface area contributed by atoms with Crippen LogP contribution in [0.15, 0.2) is 24.3 Å². The van der Waals surface area contributed by atoms with Gasteiger partial charge in [0.1, 0.15) is 23.4 Å². The number of carbonyl (C=O) groups is 2. The smallest absolute Gasteiger partial charge is 0.324 e. The number of hydrogen-bond acceptors (Lipinski definition) is 7. The van der Waals surface area contributed by atoms with E-state index in [1.54, 1.807) is 24.1 Å². The van der Waals surface area contributed by atoms with Gasteiger partial charge >= 0.3 is 5.97 Å². The second kappa shape index (κ2) is 8.46. The molecule has 8 heteroatoms. The van der Waals surface area contributed by atoms with Crippen LogP contribution >= 0.6 is 0 Å². The number of rotatable bonds is 7. The van der Waals surface area contributed by atoms with Gasteiger partial charge < -0.3 is 25.8 Å². The zero-order valence-corrected chi connectivity index (χ0v) is 20.9. The van der Waals surface area contributed by atoms with E-state index in [1.807, 2.05) is 12.1 Å². The van der Waals surface area contributed by atoms with Crippen LogP contribution in [0.1, 0.15) is 56.9 Å². The molecule has 6 aliphatic rings. The average Bonchev–Trinajstić information content (AvgIpc) is 3.50. The summed E-state index contributed by atoms with van der Waals surface area (Å²) in [6, 6.07) is 7.86. The molecule has 1 aromatic rings. The summed E-state index contributed by atoms with van der Waals surface area (Å²) < 4.78 is 6.37. The number of likely N-dealkylation sites (tertiary alicyclic amines) is 1. The van der Waals surface area contributed by atoms with Crippen molar-refractivity contribution in [3.05, 3.63) is 29.8 Å². The lowest BCUT2D eigenvalue weighted by Crippen LogP contribution is -2.66. The van der Waals surface area contributed by atoms with Crippen LogP contribution in [0.4, 0.5) is 0 Å². The maximum atomic E-state index is 13.7. The van der Waals surface area contributed by atoms with Gasteiger partial charge in [0, 0.05) is 6.04 Å². The highest BCUT2D eigenvalue weighted by atomic mass is 16.6. The van der Waals surface area contributed by atoms with Crippen molar-refractivity contribution in [2.45, 2.75) is 87.6 Å². The van der Waals surface area contributed by atoms with Crippen LogP contribution in [0, 0.1) is 34.5 Å². The van der Waals surface area contributed by atoms with Crippen LogP contribution in [0.3, 0.4) is 0 Å². The molecule has 4 bridgehead atoms. The predicted octanol–water partition coefficient (Wildman–Crippen LogP) is 2.25. The van der Waals surface area contributed by atoms with Gasteiger partial charge in [0.25, 0.3) is 0 Å². The van der Waals surface area contributed by atoms with E-state index in [9.17, 15) is 20.0 Å². The topological polar surface area (TPSA) is 129 Å². The number of fused-ring (bicyclic) bond motifs is 1. The second-order valence-electron chi connectivity index (χ2n) is 12.3. The lowest BCUT2D eigenvalue weighted by atomic mass is 9.46. The fourth-order valence-electron chi connectivity index (χ4n) is 8.50. The largest absolute Gasteiger partial charge is 0.508 e. The molecule has 9 atom stereocenters. The van der Waals surface area contributed by atoms with Crippen molar-refractivity contribution in [2.24, 2.45) is 28.9 Å². The number of piperidine rings is 1. The highest BCUT2D eigenvalue weighted by molar-refractivity contribution is 5.84. The summed E-state index contributed by atoms with van der Waals surface area (Å²) in [7, 11) is 1.76. The molecule has 1 aromatic carbocycles. The monoisotopic (exact) mass is 492 g/mol. The number of ether oxygens (including phenoxy) is 1. The Bertz CT molecular complexity index is 1080. The number of likely N-dealkylation sites (N-methyl/N-ethyl adjacent to an activating group) is 1. The van der Waals surface area contributed by atoms with Crippen molar-refractivity contribution in [1.29, 1.82) is 5.26 Å². The lowest BCUT2D eigenvalue weighted by Gasteiger charge is -2.62. The van der Waals surface area contributed by atoms with Gasteiger partial charge in [-0.15, -0.1) is 0 Å². The minimum atomic E-state index is -0.659. The molecule has 8 nitrogen and oxygen atoms in total. The Morgan fingerprint density at radius 1 is 1.19 bits per heavy atom. The van der Waals surface area contributed by atoms with Crippen LogP contribution < -0.4 is 11.1 Å². The lowest BCUT2D eigenvalue weighted by molar-refractivity contribution is -0.207. The molecule has 6 fully saturated rings. The Morgan fingerprint density at radius 2 is 1.89 bits per heavy atom. The minimum Gasteiger partial charge on any atom is -0.508 e. The van der Waals surface area contributed by atoms with Crippen LogP contribution in [-0.2, 0) is 20.7 Å². The zero-order valence-electron chi connectivity index (χ0n) is 20.9. The number of aromatic hydroxyl groups is 1. The molecular weight excluding hydrogens is 456 g/mol. The molecule has 192 valence electrons. The number of hydrogen-bond donors (Lipinski definition) is 3. The molecule has 1 amide bonds. The van der Waals surface area contributed by atoms with Gasteiger partial charge in [-0.25, -0.2) is 0 Å². The summed E-state index contributed by atoms with van der Waals surface area (Å²) >= 11 is 0. The van der Waals surface area contributed by atoms with Gasteiger partial charge in [-0.2, -0.15) is 5.26 Å². The Morgan fingerprint density at radius 3 is 2.53 bits per heavy atom. The van der Waals surface area contributed by atoms with E-state index < -0.39 is 17.7 Å². The highest BCUT2D eigenvalue weighted by Crippen LogP contribution is 2.64. The summed E-state index contributed by atoms with van der Waals surface area (Å²) in [6.07, 6.45) is 7.44. The third kappa shape index (κ3) is 3.88. The van der Waals surface area contributed by atoms with Crippen LogP contribution in [0.25, 0.3) is 0 Å². The summed E-state index contributed by atoms with van der Waals surface area (Å²) in [5, 5.41) is 22.3. The van der Waals surface area contributed by atoms with Crippen molar-refractivity contribution in [3.63, 3.8) is 0 Å². The maximum Gasteiger partial charge on any atom is 0.324 e. The number of nitriles is 1. The first-order valence-electron chi connectivity index (χ1n) is 13.4. The van der Waals surface area contributed by atoms with E-state index >= 15 is 0 Å². The number of esters is 1. The molecule has 1 heterocycles. The van der Waals surface area contributed by atoms with E-state index in [0.29, 0.717) is 30.6 Å². The van der Waals surface area contributed by atoms with Gasteiger partial charge in [-0.05, 0) is 106 Å². The van der Waals surface area contributed by atoms with Crippen molar-refractivity contribution in [3.8, 4) is 11.8 Å². The first-order chi connectivity index (χ1) is 17.2. The Kier molecular flexibility index (Phi) is 5.58. The number of amides is 1. The van der Waals surface area contributed by atoms with Crippen molar-refractivity contribution in [2.75, 3.05) is 7.05 Å². The fraction of sp³-hybridized carbons (Fsp3) is 0.679. The molecule has 36 heavy (non-hydrogen) atoms. The second-order valence-corrected chi connectivity index (χ2v) is 12.3. The SMILES string of the molecule is CNC(Cc1ccc(O)cc1)C(=O)OC12CC3C[C@H](C1)CC([C@H](N)C(=O)N1C4CC4C[C@H]1C#N)(C3)C2. The van der Waals surface area contributed by atoms with Gasteiger partial charge in [-0.1, -0.05) is 12.1 Å². The molecule has 0 spiro atoms. The van der Waals surface area contributed by atoms with E-state index in [2.05, 4.69) is 11.4 Å². The molecule has 0 aromatic heterocycles. The molecule has 1 saturated heterocycles. The normalized spacial score (nSPS) is 39.2. The van der Waals surface area contributed by atoms with E-state index in [-0.39, 0.29) is 35.1 Å². The number of nitrogens with one attached hydrogen (secondary N) is 1. The first-order valence-corrected chi connectivity index (χ1v) is 13.4. The summed E-state index contributed by atoms with van der Waals surface area (Å²) in [4.78, 5) is 28.9. The molecule has 0 radical (unpaired) electrons. The number of carbonyl (C=O) groups excluding carboxylic acids is 2. The van der Waals surface area contributed by atoms with Crippen LogP contribution in [0.2, 0.25) is 0 Å².